The van der Waals surface area contributed by atoms with E-state index in [9.17, 15) is 17.8 Å². The lowest BCUT2D eigenvalue weighted by molar-refractivity contribution is -0.121. The number of hydrogen-bond donors (Lipinski definition) is 2. The number of primary amides is 1. The first-order valence-corrected chi connectivity index (χ1v) is 6.54. The van der Waals surface area contributed by atoms with Crippen LogP contribution in [0.3, 0.4) is 0 Å². The van der Waals surface area contributed by atoms with Crippen molar-refractivity contribution in [2.75, 3.05) is 0 Å². The number of rotatable bonds is 4. The predicted molar refractivity (Wildman–Crippen MR) is 63.9 cm³/mol. The summed E-state index contributed by atoms with van der Waals surface area (Å²) in [6.45, 7) is 3.15. The zero-order valence-electron chi connectivity index (χ0n) is 9.67. The van der Waals surface area contributed by atoms with Gasteiger partial charge in [0.15, 0.2) is 4.75 Å². The summed E-state index contributed by atoms with van der Waals surface area (Å²) in [6.07, 6.45) is -0.119. The Morgan fingerprint density at radius 1 is 1.41 bits per heavy atom. The average molecular weight is 257 g/mol. The molecular formula is C11H15NO4S. The monoisotopic (exact) mass is 257 g/mol. The largest absolute Gasteiger partial charge is 0.368 e. The zero-order chi connectivity index (χ0) is 13.3. The summed E-state index contributed by atoms with van der Waals surface area (Å²) >= 11 is 0. The molecule has 1 rings (SSSR count). The maximum absolute atomic E-state index is 11.5. The molecule has 0 saturated heterocycles. The molecule has 1 aromatic carbocycles. The number of amides is 1. The third kappa shape index (κ3) is 2.05. The number of carbonyl (C=O) groups excluding carboxylic acids is 1. The van der Waals surface area contributed by atoms with Crippen LogP contribution in [0.15, 0.2) is 24.3 Å². The molecule has 3 N–H and O–H groups in total. The summed E-state index contributed by atoms with van der Waals surface area (Å²) in [5.74, 6) is -1.07. The zero-order valence-corrected chi connectivity index (χ0v) is 10.5. The van der Waals surface area contributed by atoms with E-state index < -0.39 is 20.8 Å². The Bertz CT molecular complexity index is 538. The van der Waals surface area contributed by atoms with Gasteiger partial charge in [-0.2, -0.15) is 8.42 Å². The van der Waals surface area contributed by atoms with Gasteiger partial charge >= 0.3 is 0 Å². The minimum Gasteiger partial charge on any atom is -0.368 e. The summed E-state index contributed by atoms with van der Waals surface area (Å²) in [5, 5.41) is 0. The van der Waals surface area contributed by atoms with Crippen molar-refractivity contribution in [2.24, 2.45) is 5.73 Å². The van der Waals surface area contributed by atoms with Crippen molar-refractivity contribution in [3.63, 3.8) is 0 Å². The Hall–Kier alpha value is -1.40. The molecule has 0 saturated carbocycles. The Balaban J connectivity index is 3.68. The first kappa shape index (κ1) is 13.7. The lowest BCUT2D eigenvalue weighted by Gasteiger charge is -2.27. The molecule has 17 heavy (non-hydrogen) atoms. The summed E-state index contributed by atoms with van der Waals surface area (Å²) < 4.78 is 30.3. The van der Waals surface area contributed by atoms with Crippen molar-refractivity contribution in [3.05, 3.63) is 35.4 Å². The maximum atomic E-state index is 11.5. The minimum absolute atomic E-state index is 0.119. The lowest BCUT2D eigenvalue weighted by Crippen LogP contribution is -2.47. The van der Waals surface area contributed by atoms with Gasteiger partial charge in [-0.25, -0.2) is 0 Å². The van der Waals surface area contributed by atoms with Crippen LogP contribution in [0.2, 0.25) is 0 Å². The number of benzene rings is 1. The van der Waals surface area contributed by atoms with E-state index in [1.165, 1.54) is 13.0 Å². The summed E-state index contributed by atoms with van der Waals surface area (Å²) in [7, 11) is -4.63. The smallest absolute Gasteiger partial charge is 0.284 e. The molecular weight excluding hydrogens is 242 g/mol. The number of carbonyl (C=O) groups is 1. The molecule has 5 nitrogen and oxygen atoms in total. The number of hydrogen-bond acceptors (Lipinski definition) is 3. The second-order valence-corrected chi connectivity index (χ2v) is 5.48. The van der Waals surface area contributed by atoms with Gasteiger partial charge in [-0.1, -0.05) is 31.2 Å². The minimum atomic E-state index is -4.63. The van der Waals surface area contributed by atoms with E-state index in [4.69, 9.17) is 5.73 Å². The van der Waals surface area contributed by atoms with Gasteiger partial charge in [-0.05, 0) is 24.5 Å². The van der Waals surface area contributed by atoms with E-state index in [-0.39, 0.29) is 12.0 Å². The van der Waals surface area contributed by atoms with Crippen LogP contribution in [0.5, 0.6) is 0 Å². The molecule has 1 aromatic rings. The van der Waals surface area contributed by atoms with Crippen molar-refractivity contribution in [3.8, 4) is 0 Å². The van der Waals surface area contributed by atoms with Gasteiger partial charge in [-0.15, -0.1) is 0 Å². The van der Waals surface area contributed by atoms with E-state index in [0.29, 0.717) is 5.56 Å². The van der Waals surface area contributed by atoms with Gasteiger partial charge in [0.05, 0.1) is 0 Å². The van der Waals surface area contributed by atoms with Crippen molar-refractivity contribution in [1.29, 1.82) is 0 Å². The summed E-state index contributed by atoms with van der Waals surface area (Å²) in [6, 6.07) is 6.45. The third-order valence-electron chi connectivity index (χ3n) is 2.92. The van der Waals surface area contributed by atoms with E-state index in [1.54, 1.807) is 25.1 Å². The Morgan fingerprint density at radius 3 is 2.29 bits per heavy atom. The normalized spacial score (nSPS) is 15.2. The second kappa shape index (κ2) is 4.46. The molecule has 0 spiro atoms. The van der Waals surface area contributed by atoms with Crippen molar-refractivity contribution in [2.45, 2.75) is 25.0 Å². The van der Waals surface area contributed by atoms with E-state index in [2.05, 4.69) is 0 Å². The van der Waals surface area contributed by atoms with Crippen LogP contribution in [0.25, 0.3) is 0 Å². The van der Waals surface area contributed by atoms with Crippen LogP contribution in [0.4, 0.5) is 0 Å². The van der Waals surface area contributed by atoms with E-state index in [0.717, 1.165) is 0 Å². The number of nitrogens with two attached hydrogens (primary N) is 1. The fraction of sp³-hybridized carbons (Fsp3) is 0.364. The van der Waals surface area contributed by atoms with Gasteiger partial charge in [0.2, 0.25) is 5.91 Å². The van der Waals surface area contributed by atoms with Gasteiger partial charge in [0.25, 0.3) is 10.1 Å². The third-order valence-corrected chi connectivity index (χ3v) is 4.51. The first-order valence-electron chi connectivity index (χ1n) is 5.10. The van der Waals surface area contributed by atoms with Crippen LogP contribution in [0.1, 0.15) is 24.5 Å². The Labute approximate surface area is 100 Å². The van der Waals surface area contributed by atoms with Crippen LogP contribution in [-0.2, 0) is 19.7 Å². The molecule has 1 atom stereocenters. The van der Waals surface area contributed by atoms with Crippen molar-refractivity contribution >= 4 is 16.0 Å². The standard InChI is InChI=1S/C11H15NO4S/c1-3-11(10(12)13,17(14,15)16)9-7-5-4-6-8(9)2/h4-7H,3H2,1-2H3,(H2,12,13)(H,14,15,16). The van der Waals surface area contributed by atoms with Gasteiger partial charge in [0, 0.05) is 0 Å². The summed E-state index contributed by atoms with van der Waals surface area (Å²) in [4.78, 5) is 11.5. The van der Waals surface area contributed by atoms with Gasteiger partial charge < -0.3 is 5.73 Å². The van der Waals surface area contributed by atoms with Crippen LogP contribution >= 0.6 is 0 Å². The fourth-order valence-corrected chi connectivity index (χ4v) is 3.10. The molecule has 0 aliphatic carbocycles. The quantitative estimate of drug-likeness (QED) is 0.785. The molecule has 0 aliphatic heterocycles. The summed E-state index contributed by atoms with van der Waals surface area (Å²) in [5.41, 5.74) is 6.00. The highest BCUT2D eigenvalue weighted by Gasteiger charge is 2.49. The highest BCUT2D eigenvalue weighted by Crippen LogP contribution is 2.35. The molecule has 0 aromatic heterocycles. The molecule has 1 unspecified atom stereocenters. The van der Waals surface area contributed by atoms with Crippen molar-refractivity contribution < 1.29 is 17.8 Å². The second-order valence-electron chi connectivity index (χ2n) is 3.83. The molecule has 0 aliphatic rings. The topological polar surface area (TPSA) is 97.5 Å². The SMILES string of the molecule is CCC(C(N)=O)(c1ccccc1C)S(=O)(=O)O. The molecule has 94 valence electrons. The molecule has 0 bridgehead atoms. The highest BCUT2D eigenvalue weighted by molar-refractivity contribution is 7.87. The van der Waals surface area contributed by atoms with E-state index in [1.807, 2.05) is 0 Å². The van der Waals surface area contributed by atoms with Crippen molar-refractivity contribution in [1.82, 2.24) is 0 Å². The van der Waals surface area contributed by atoms with Gasteiger partial charge in [0.1, 0.15) is 0 Å². The first-order chi connectivity index (χ1) is 7.77. The molecule has 6 heteroatoms. The maximum Gasteiger partial charge on any atom is 0.284 e. The highest BCUT2D eigenvalue weighted by atomic mass is 32.2. The average Bonchev–Trinajstić information content (AvgIpc) is 2.19. The Morgan fingerprint density at radius 2 is 1.94 bits per heavy atom. The molecule has 0 radical (unpaired) electrons. The number of aryl methyl sites for hydroxylation is 1. The van der Waals surface area contributed by atoms with Crippen LogP contribution < -0.4 is 5.73 Å². The van der Waals surface area contributed by atoms with Crippen LogP contribution in [-0.4, -0.2) is 18.9 Å². The Kier molecular flexibility index (Phi) is 3.59. The van der Waals surface area contributed by atoms with Crippen LogP contribution in [0, 0.1) is 6.92 Å². The molecule has 0 fully saturated rings. The fourth-order valence-electron chi connectivity index (χ4n) is 1.97. The predicted octanol–water partition coefficient (Wildman–Crippen LogP) is 0.973. The van der Waals surface area contributed by atoms with E-state index >= 15 is 0 Å². The molecule has 1 amide bonds. The molecule has 0 heterocycles. The van der Waals surface area contributed by atoms with Gasteiger partial charge in [-0.3, -0.25) is 9.35 Å². The lowest BCUT2D eigenvalue weighted by atomic mass is 9.91.